The SMILES string of the molecule is COc1cc(OC)cc(C(OC)C(=O)Nc2nnc(N[C@@H]3CCN(c4ccc(C)nn4)C3)s2)c1. The number of ether oxygens (including phenoxy) is 3. The summed E-state index contributed by atoms with van der Waals surface area (Å²) in [5.74, 6) is 1.62. The summed E-state index contributed by atoms with van der Waals surface area (Å²) in [4.78, 5) is 15.1. The predicted molar refractivity (Wildman–Crippen MR) is 129 cm³/mol. The molecule has 34 heavy (non-hydrogen) atoms. The van der Waals surface area contributed by atoms with E-state index in [1.807, 2.05) is 19.1 Å². The van der Waals surface area contributed by atoms with Crippen molar-refractivity contribution >= 4 is 33.3 Å². The molecular formula is C22H27N7O4S. The zero-order valence-electron chi connectivity index (χ0n) is 19.4. The smallest absolute Gasteiger partial charge is 0.259 e. The molecular weight excluding hydrogens is 458 g/mol. The molecule has 1 aliphatic rings. The quantitative estimate of drug-likeness (QED) is 0.467. The van der Waals surface area contributed by atoms with Gasteiger partial charge in [-0.2, -0.15) is 5.10 Å². The number of amides is 1. The lowest BCUT2D eigenvalue weighted by Gasteiger charge is -2.17. The molecule has 0 radical (unpaired) electrons. The molecule has 0 spiro atoms. The van der Waals surface area contributed by atoms with E-state index in [4.69, 9.17) is 14.2 Å². The molecule has 4 rings (SSSR count). The van der Waals surface area contributed by atoms with Crippen LogP contribution in [0, 0.1) is 6.92 Å². The van der Waals surface area contributed by atoms with E-state index in [0.717, 1.165) is 31.0 Å². The van der Waals surface area contributed by atoms with Crippen LogP contribution in [0.2, 0.25) is 0 Å². The van der Waals surface area contributed by atoms with Crippen molar-refractivity contribution in [3.8, 4) is 11.5 Å². The van der Waals surface area contributed by atoms with Crippen LogP contribution in [-0.4, -0.2) is 66.8 Å². The first-order valence-corrected chi connectivity index (χ1v) is 11.5. The first-order chi connectivity index (χ1) is 16.5. The van der Waals surface area contributed by atoms with Crippen LogP contribution < -0.4 is 25.0 Å². The molecule has 2 atom stereocenters. The average molecular weight is 486 g/mol. The van der Waals surface area contributed by atoms with Crippen molar-refractivity contribution in [1.29, 1.82) is 0 Å². The van der Waals surface area contributed by atoms with Gasteiger partial charge in [-0.1, -0.05) is 11.3 Å². The molecule has 1 amide bonds. The standard InChI is InChI=1S/C22H27N7O4S/c1-13-5-6-18(26-25-13)29-8-7-15(12-29)23-21-27-28-22(34-21)24-20(30)19(33-4)14-9-16(31-2)11-17(10-14)32-3/h5-6,9-11,15,19H,7-8,12H2,1-4H3,(H,23,27)(H,24,28,30)/t15-,19?/m1/s1. The fraction of sp³-hybridized carbons (Fsp3) is 0.409. The number of anilines is 3. The Balaban J connectivity index is 1.37. The molecule has 0 bridgehead atoms. The normalized spacial score (nSPS) is 16.2. The monoisotopic (exact) mass is 485 g/mol. The van der Waals surface area contributed by atoms with Crippen LogP contribution in [0.1, 0.15) is 23.8 Å². The molecule has 1 aromatic carbocycles. The lowest BCUT2D eigenvalue weighted by Crippen LogP contribution is -2.26. The Morgan fingerprint density at radius 2 is 1.79 bits per heavy atom. The maximum Gasteiger partial charge on any atom is 0.259 e. The van der Waals surface area contributed by atoms with Crippen LogP contribution in [0.15, 0.2) is 30.3 Å². The number of hydrogen-bond donors (Lipinski definition) is 2. The van der Waals surface area contributed by atoms with Crippen molar-refractivity contribution < 1.29 is 19.0 Å². The second-order valence-corrected chi connectivity index (χ2v) is 8.75. The van der Waals surface area contributed by atoms with Gasteiger partial charge in [0.25, 0.3) is 5.91 Å². The van der Waals surface area contributed by atoms with Gasteiger partial charge in [-0.05, 0) is 43.2 Å². The molecule has 0 saturated carbocycles. The Bertz CT molecular complexity index is 1100. The van der Waals surface area contributed by atoms with Crippen LogP contribution in [-0.2, 0) is 9.53 Å². The molecule has 3 heterocycles. The molecule has 3 aromatic rings. The molecule has 1 saturated heterocycles. The third-order valence-corrected chi connectivity index (χ3v) is 6.20. The summed E-state index contributed by atoms with van der Waals surface area (Å²) in [6, 6.07) is 9.31. The van der Waals surface area contributed by atoms with Crippen LogP contribution >= 0.6 is 11.3 Å². The van der Waals surface area contributed by atoms with Crippen molar-refractivity contribution in [3.63, 3.8) is 0 Å². The Morgan fingerprint density at radius 1 is 1.06 bits per heavy atom. The Hall–Kier alpha value is -3.51. The van der Waals surface area contributed by atoms with E-state index in [1.165, 1.54) is 18.4 Å². The molecule has 1 unspecified atom stereocenters. The highest BCUT2D eigenvalue weighted by molar-refractivity contribution is 7.19. The number of methoxy groups -OCH3 is 3. The van der Waals surface area contributed by atoms with Crippen molar-refractivity contribution in [2.75, 3.05) is 50.0 Å². The number of benzene rings is 1. The molecule has 1 aliphatic heterocycles. The maximum absolute atomic E-state index is 12.9. The minimum absolute atomic E-state index is 0.190. The first-order valence-electron chi connectivity index (χ1n) is 10.7. The van der Waals surface area contributed by atoms with Gasteiger partial charge in [0.15, 0.2) is 11.9 Å². The topological polar surface area (TPSA) is 124 Å². The second-order valence-electron chi connectivity index (χ2n) is 7.77. The third kappa shape index (κ3) is 5.51. The number of nitrogens with zero attached hydrogens (tertiary/aromatic N) is 5. The highest BCUT2D eigenvalue weighted by Crippen LogP contribution is 2.30. The van der Waals surface area contributed by atoms with Crippen molar-refractivity contribution in [1.82, 2.24) is 20.4 Å². The van der Waals surface area contributed by atoms with Gasteiger partial charge < -0.3 is 24.4 Å². The van der Waals surface area contributed by atoms with E-state index in [-0.39, 0.29) is 11.9 Å². The summed E-state index contributed by atoms with van der Waals surface area (Å²) in [6.45, 7) is 3.57. The molecule has 2 N–H and O–H groups in total. The van der Waals surface area contributed by atoms with Gasteiger partial charge in [0.2, 0.25) is 10.3 Å². The van der Waals surface area contributed by atoms with E-state index in [1.54, 1.807) is 32.4 Å². The van der Waals surface area contributed by atoms with Crippen LogP contribution in [0.25, 0.3) is 0 Å². The third-order valence-electron chi connectivity index (χ3n) is 5.43. The number of carbonyl (C=O) groups excluding carboxylic acids is 1. The Morgan fingerprint density at radius 3 is 2.44 bits per heavy atom. The minimum Gasteiger partial charge on any atom is -0.497 e. The number of nitrogens with one attached hydrogen (secondary N) is 2. The van der Waals surface area contributed by atoms with E-state index >= 15 is 0 Å². The number of aryl methyl sites for hydroxylation is 1. The number of hydrogen-bond acceptors (Lipinski definition) is 11. The van der Waals surface area contributed by atoms with Gasteiger partial charge >= 0.3 is 0 Å². The van der Waals surface area contributed by atoms with Gasteiger partial charge in [0.1, 0.15) is 11.5 Å². The van der Waals surface area contributed by atoms with Gasteiger partial charge in [0, 0.05) is 32.3 Å². The zero-order chi connectivity index (χ0) is 24.1. The van der Waals surface area contributed by atoms with Crippen LogP contribution in [0.4, 0.5) is 16.1 Å². The summed E-state index contributed by atoms with van der Waals surface area (Å²) in [5, 5.41) is 23.8. The fourth-order valence-corrected chi connectivity index (χ4v) is 4.42. The largest absolute Gasteiger partial charge is 0.497 e. The number of aromatic nitrogens is 4. The van der Waals surface area contributed by atoms with Gasteiger partial charge in [0.05, 0.1) is 19.9 Å². The van der Waals surface area contributed by atoms with E-state index in [0.29, 0.717) is 27.3 Å². The molecule has 11 nitrogen and oxygen atoms in total. The molecule has 180 valence electrons. The molecule has 1 fully saturated rings. The summed E-state index contributed by atoms with van der Waals surface area (Å²) >= 11 is 1.27. The summed E-state index contributed by atoms with van der Waals surface area (Å²) in [5.41, 5.74) is 1.49. The lowest BCUT2D eigenvalue weighted by atomic mass is 10.1. The molecule has 2 aromatic heterocycles. The lowest BCUT2D eigenvalue weighted by molar-refractivity contribution is -0.126. The van der Waals surface area contributed by atoms with E-state index in [9.17, 15) is 4.79 Å². The van der Waals surface area contributed by atoms with Gasteiger partial charge in [-0.3, -0.25) is 10.1 Å². The summed E-state index contributed by atoms with van der Waals surface area (Å²) in [6.07, 6.45) is 0.0589. The Kier molecular flexibility index (Phi) is 7.38. The van der Waals surface area contributed by atoms with Gasteiger partial charge in [-0.15, -0.1) is 15.3 Å². The van der Waals surface area contributed by atoms with Crippen molar-refractivity contribution in [2.24, 2.45) is 0 Å². The zero-order valence-corrected chi connectivity index (χ0v) is 20.3. The summed E-state index contributed by atoms with van der Waals surface area (Å²) in [7, 11) is 4.56. The highest BCUT2D eigenvalue weighted by atomic mass is 32.1. The van der Waals surface area contributed by atoms with Crippen LogP contribution in [0.3, 0.4) is 0 Å². The highest BCUT2D eigenvalue weighted by Gasteiger charge is 2.26. The van der Waals surface area contributed by atoms with Crippen molar-refractivity contribution in [3.05, 3.63) is 41.6 Å². The number of carbonyl (C=O) groups is 1. The Labute approximate surface area is 201 Å². The summed E-state index contributed by atoms with van der Waals surface area (Å²) < 4.78 is 16.0. The fourth-order valence-electron chi connectivity index (χ4n) is 3.70. The second kappa shape index (κ2) is 10.6. The molecule has 12 heteroatoms. The van der Waals surface area contributed by atoms with E-state index in [2.05, 4.69) is 35.9 Å². The van der Waals surface area contributed by atoms with Crippen molar-refractivity contribution in [2.45, 2.75) is 25.5 Å². The molecule has 0 aliphatic carbocycles. The van der Waals surface area contributed by atoms with Crippen LogP contribution in [0.5, 0.6) is 11.5 Å². The number of rotatable bonds is 9. The predicted octanol–water partition coefficient (Wildman–Crippen LogP) is 2.67. The minimum atomic E-state index is -0.872. The van der Waals surface area contributed by atoms with Gasteiger partial charge in [-0.25, -0.2) is 0 Å². The van der Waals surface area contributed by atoms with E-state index < -0.39 is 6.10 Å². The average Bonchev–Trinajstić information content (AvgIpc) is 3.49. The first kappa shape index (κ1) is 23.6. The maximum atomic E-state index is 12.9.